The molecule has 1 amide bonds. The number of fused-ring (bicyclic) bond motifs is 1. The first-order chi connectivity index (χ1) is 18.9. The van der Waals surface area contributed by atoms with Crippen molar-refractivity contribution >= 4 is 16.8 Å². The van der Waals surface area contributed by atoms with Crippen molar-refractivity contribution in [3.8, 4) is 5.75 Å². The average Bonchev–Trinajstić information content (AvgIpc) is 3.24. The molecule has 0 radical (unpaired) electrons. The summed E-state index contributed by atoms with van der Waals surface area (Å²) in [5.41, 5.74) is 4.64. The molecule has 5 rings (SSSR count). The van der Waals surface area contributed by atoms with Crippen LogP contribution in [0, 0.1) is 19.8 Å². The summed E-state index contributed by atoms with van der Waals surface area (Å²) < 4.78 is 7.73. The van der Waals surface area contributed by atoms with Crippen molar-refractivity contribution in [2.75, 3.05) is 20.2 Å². The third kappa shape index (κ3) is 5.45. The second-order valence-electron chi connectivity index (χ2n) is 10.5. The number of likely N-dealkylation sites (tertiary alicyclic amines) is 1. The van der Waals surface area contributed by atoms with Gasteiger partial charge in [-0.15, -0.1) is 0 Å². The van der Waals surface area contributed by atoms with Gasteiger partial charge in [0.15, 0.2) is 0 Å². The van der Waals surface area contributed by atoms with Crippen molar-refractivity contribution in [2.24, 2.45) is 5.92 Å². The van der Waals surface area contributed by atoms with Crippen molar-refractivity contribution < 1.29 is 9.53 Å². The monoisotopic (exact) mass is 528 g/mol. The minimum absolute atomic E-state index is 0.0804. The molecule has 4 aromatic rings. The zero-order chi connectivity index (χ0) is 27.5. The van der Waals surface area contributed by atoms with Gasteiger partial charge in [0.1, 0.15) is 12.1 Å². The molecule has 204 valence electrons. The van der Waals surface area contributed by atoms with E-state index >= 15 is 0 Å². The van der Waals surface area contributed by atoms with E-state index in [-0.39, 0.29) is 24.1 Å². The van der Waals surface area contributed by atoms with E-state index in [0.29, 0.717) is 28.5 Å². The molecule has 1 fully saturated rings. The molecule has 3 aromatic heterocycles. The fourth-order valence-corrected chi connectivity index (χ4v) is 5.97. The second kappa shape index (κ2) is 11.4. The number of benzene rings is 1. The second-order valence-corrected chi connectivity index (χ2v) is 10.5. The molecule has 1 aliphatic rings. The van der Waals surface area contributed by atoms with Crippen LogP contribution in [-0.2, 0) is 13.1 Å². The van der Waals surface area contributed by atoms with Crippen molar-refractivity contribution in [2.45, 2.75) is 52.7 Å². The molecule has 0 spiro atoms. The molecule has 9 heteroatoms. The Morgan fingerprint density at radius 2 is 1.90 bits per heavy atom. The van der Waals surface area contributed by atoms with Crippen LogP contribution in [0.1, 0.15) is 58.7 Å². The average molecular weight is 529 g/mol. The zero-order valence-corrected chi connectivity index (χ0v) is 23.0. The fourth-order valence-electron chi connectivity index (χ4n) is 5.97. The standard InChI is InChI=1S/C30H36N6O3/c1-19-13-27(39-4)25(29(37)34-19)16-33-30(38)28-21(3)36(26-8-6-5-7-24(26)28)20(2)23-9-11-35(12-10-23)17-22-14-31-18-32-15-22/h5-8,13-15,18,20,23H,9-12,16-17H2,1-4H3,(H,33,38)(H,34,37)/t20-/m1/s1. The lowest BCUT2D eigenvalue weighted by Crippen LogP contribution is -2.36. The van der Waals surface area contributed by atoms with Gasteiger partial charge in [0.25, 0.3) is 11.5 Å². The van der Waals surface area contributed by atoms with Gasteiger partial charge < -0.3 is 19.6 Å². The van der Waals surface area contributed by atoms with Gasteiger partial charge in [-0.1, -0.05) is 18.2 Å². The number of aromatic nitrogens is 4. The first-order valence-corrected chi connectivity index (χ1v) is 13.5. The number of nitrogens with zero attached hydrogens (tertiary/aromatic N) is 4. The Balaban J connectivity index is 1.35. The number of piperidine rings is 1. The molecule has 2 N–H and O–H groups in total. The Labute approximate surface area is 228 Å². The molecule has 1 aliphatic heterocycles. The summed E-state index contributed by atoms with van der Waals surface area (Å²) >= 11 is 0. The molecule has 1 saturated heterocycles. The number of aromatic amines is 1. The highest BCUT2D eigenvalue weighted by atomic mass is 16.5. The first-order valence-electron chi connectivity index (χ1n) is 13.5. The zero-order valence-electron chi connectivity index (χ0n) is 23.0. The molecule has 1 atom stereocenters. The van der Waals surface area contributed by atoms with Crippen molar-refractivity contribution in [3.05, 3.63) is 87.5 Å². The number of hydrogen-bond acceptors (Lipinski definition) is 6. The number of para-hydroxylation sites is 1. The van der Waals surface area contributed by atoms with Crippen LogP contribution >= 0.6 is 0 Å². The molecule has 0 bridgehead atoms. The van der Waals surface area contributed by atoms with Gasteiger partial charge in [-0.3, -0.25) is 14.5 Å². The molecule has 9 nitrogen and oxygen atoms in total. The van der Waals surface area contributed by atoms with Gasteiger partial charge in [-0.25, -0.2) is 9.97 Å². The summed E-state index contributed by atoms with van der Waals surface area (Å²) in [7, 11) is 1.53. The lowest BCUT2D eigenvalue weighted by atomic mass is 9.89. The van der Waals surface area contributed by atoms with E-state index in [0.717, 1.165) is 54.6 Å². The van der Waals surface area contributed by atoms with Crippen molar-refractivity contribution in [3.63, 3.8) is 0 Å². The van der Waals surface area contributed by atoms with E-state index in [1.54, 1.807) is 19.3 Å². The molecular formula is C30H36N6O3. The van der Waals surface area contributed by atoms with Crippen LogP contribution in [0.3, 0.4) is 0 Å². The quantitative estimate of drug-likeness (QED) is 0.356. The van der Waals surface area contributed by atoms with Gasteiger partial charge in [-0.05, 0) is 64.8 Å². The van der Waals surface area contributed by atoms with Crippen LogP contribution in [-0.4, -0.2) is 50.5 Å². The summed E-state index contributed by atoms with van der Waals surface area (Å²) in [6.45, 7) is 9.07. The number of pyridine rings is 1. The number of aryl methyl sites for hydroxylation is 1. The Morgan fingerprint density at radius 1 is 1.18 bits per heavy atom. The Kier molecular flexibility index (Phi) is 7.79. The van der Waals surface area contributed by atoms with E-state index in [4.69, 9.17) is 4.74 Å². The maximum atomic E-state index is 13.6. The summed E-state index contributed by atoms with van der Waals surface area (Å²) in [6.07, 6.45) is 7.49. The summed E-state index contributed by atoms with van der Waals surface area (Å²) in [4.78, 5) is 39.6. The van der Waals surface area contributed by atoms with E-state index < -0.39 is 0 Å². The smallest absolute Gasteiger partial charge is 0.256 e. The molecule has 0 saturated carbocycles. The third-order valence-corrected chi connectivity index (χ3v) is 8.00. The molecule has 1 aromatic carbocycles. The highest BCUT2D eigenvalue weighted by Crippen LogP contribution is 2.36. The number of rotatable bonds is 8. The van der Waals surface area contributed by atoms with Crippen LogP contribution in [0.5, 0.6) is 5.75 Å². The first kappa shape index (κ1) is 26.6. The predicted octanol–water partition coefficient (Wildman–Crippen LogP) is 4.15. The topological polar surface area (TPSA) is 105 Å². The fraction of sp³-hybridized carbons (Fsp3) is 0.400. The highest BCUT2D eigenvalue weighted by molar-refractivity contribution is 6.08. The van der Waals surface area contributed by atoms with Crippen LogP contribution in [0.15, 0.2) is 53.8 Å². The van der Waals surface area contributed by atoms with Gasteiger partial charge in [-0.2, -0.15) is 0 Å². The normalized spacial score (nSPS) is 15.4. The number of methoxy groups -OCH3 is 1. The molecule has 0 aliphatic carbocycles. The van der Waals surface area contributed by atoms with E-state index in [2.05, 4.69) is 42.7 Å². The Morgan fingerprint density at radius 3 is 2.62 bits per heavy atom. The maximum Gasteiger partial charge on any atom is 0.256 e. The molecule has 0 unspecified atom stereocenters. The lowest BCUT2D eigenvalue weighted by molar-refractivity contribution is 0.0951. The third-order valence-electron chi connectivity index (χ3n) is 8.00. The minimum Gasteiger partial charge on any atom is -0.496 e. The summed E-state index contributed by atoms with van der Waals surface area (Å²) in [6, 6.07) is 10.1. The molecular weight excluding hydrogens is 492 g/mol. The van der Waals surface area contributed by atoms with Gasteiger partial charge >= 0.3 is 0 Å². The number of hydrogen-bond donors (Lipinski definition) is 2. The summed E-state index contributed by atoms with van der Waals surface area (Å²) in [5, 5.41) is 3.90. The highest BCUT2D eigenvalue weighted by Gasteiger charge is 2.29. The van der Waals surface area contributed by atoms with Crippen molar-refractivity contribution in [1.29, 1.82) is 0 Å². The minimum atomic E-state index is -0.258. The number of carbonyl (C=O) groups excluding carboxylic acids is 1. The van der Waals surface area contributed by atoms with E-state index in [1.807, 2.05) is 37.5 Å². The van der Waals surface area contributed by atoms with Crippen LogP contribution in [0.4, 0.5) is 0 Å². The number of H-pyrrole nitrogens is 1. The van der Waals surface area contributed by atoms with E-state index in [9.17, 15) is 9.59 Å². The largest absolute Gasteiger partial charge is 0.496 e. The van der Waals surface area contributed by atoms with Crippen LogP contribution in [0.2, 0.25) is 0 Å². The summed E-state index contributed by atoms with van der Waals surface area (Å²) in [5.74, 6) is 0.765. The van der Waals surface area contributed by atoms with Crippen molar-refractivity contribution in [1.82, 2.24) is 29.7 Å². The number of nitrogens with one attached hydrogen (secondary N) is 2. The Bertz CT molecular complexity index is 1520. The molecule has 4 heterocycles. The SMILES string of the molecule is COc1cc(C)[nH]c(=O)c1CNC(=O)c1c(C)n([C@H](C)C2CCN(Cc3cncnc3)CC2)c2ccccc12. The number of carbonyl (C=O) groups is 1. The van der Waals surface area contributed by atoms with Crippen LogP contribution < -0.4 is 15.6 Å². The van der Waals surface area contributed by atoms with Gasteiger partial charge in [0, 0.05) is 52.8 Å². The molecule has 39 heavy (non-hydrogen) atoms. The van der Waals surface area contributed by atoms with E-state index in [1.165, 1.54) is 7.11 Å². The number of ether oxygens (including phenoxy) is 1. The lowest BCUT2D eigenvalue weighted by Gasteiger charge is -2.36. The van der Waals surface area contributed by atoms with Gasteiger partial charge in [0.2, 0.25) is 0 Å². The maximum absolute atomic E-state index is 13.6. The van der Waals surface area contributed by atoms with Crippen LogP contribution in [0.25, 0.3) is 10.9 Å². The van der Waals surface area contributed by atoms with Gasteiger partial charge in [0.05, 0.1) is 24.8 Å². The predicted molar refractivity (Wildman–Crippen MR) is 151 cm³/mol. The number of amides is 1. The Hall–Kier alpha value is -3.98.